The Bertz CT molecular complexity index is 445. The van der Waals surface area contributed by atoms with Crippen molar-refractivity contribution in [1.82, 2.24) is 0 Å². The molecule has 1 aliphatic carbocycles. The topological polar surface area (TPSA) is 26.3 Å². The van der Waals surface area contributed by atoms with E-state index in [0.717, 1.165) is 31.2 Å². The molecule has 0 bridgehead atoms. The van der Waals surface area contributed by atoms with Crippen LogP contribution >= 0.6 is 0 Å². The van der Waals surface area contributed by atoms with Crippen molar-refractivity contribution in [1.29, 1.82) is 0 Å². The average molecular weight is 244 g/mol. The van der Waals surface area contributed by atoms with Crippen molar-refractivity contribution in [3.05, 3.63) is 35.9 Å². The smallest absolute Gasteiger partial charge is 0.167 e. The third kappa shape index (κ3) is 1.79. The van der Waals surface area contributed by atoms with E-state index in [9.17, 15) is 4.79 Å². The summed E-state index contributed by atoms with van der Waals surface area (Å²) in [5.74, 6) is 0.313. The summed E-state index contributed by atoms with van der Waals surface area (Å²) in [6.45, 7) is 2.06. The second kappa shape index (κ2) is 4.20. The van der Waals surface area contributed by atoms with E-state index in [0.29, 0.717) is 12.2 Å². The van der Waals surface area contributed by atoms with Crippen LogP contribution in [0.5, 0.6) is 0 Å². The second-order valence-electron chi connectivity index (χ2n) is 5.85. The van der Waals surface area contributed by atoms with Gasteiger partial charge in [0.25, 0.3) is 0 Å². The normalized spacial score (nSPS) is 30.8. The minimum atomic E-state index is -0.469. The lowest BCUT2D eigenvalue weighted by Gasteiger charge is -2.34. The van der Waals surface area contributed by atoms with Crippen molar-refractivity contribution < 1.29 is 9.53 Å². The van der Waals surface area contributed by atoms with Crippen molar-refractivity contribution in [2.75, 3.05) is 0 Å². The number of carbonyl (C=O) groups is 1. The monoisotopic (exact) mass is 244 g/mol. The summed E-state index contributed by atoms with van der Waals surface area (Å²) in [5.41, 5.74) is 0.235. The number of benzene rings is 1. The van der Waals surface area contributed by atoms with Gasteiger partial charge in [-0.25, -0.2) is 0 Å². The fraction of sp³-hybridized carbons (Fsp3) is 0.562. The van der Waals surface area contributed by atoms with E-state index >= 15 is 0 Å². The van der Waals surface area contributed by atoms with E-state index in [1.54, 1.807) is 0 Å². The summed E-state index contributed by atoms with van der Waals surface area (Å²) in [7, 11) is 0. The zero-order valence-electron chi connectivity index (χ0n) is 10.9. The summed E-state index contributed by atoms with van der Waals surface area (Å²) >= 11 is 0. The number of ether oxygens (including phenoxy) is 1. The Balaban J connectivity index is 1.91. The molecule has 2 aliphatic rings. The van der Waals surface area contributed by atoms with Crippen molar-refractivity contribution in [3.63, 3.8) is 0 Å². The van der Waals surface area contributed by atoms with Gasteiger partial charge in [-0.3, -0.25) is 4.79 Å². The maximum absolute atomic E-state index is 12.4. The Morgan fingerprint density at radius 3 is 2.39 bits per heavy atom. The van der Waals surface area contributed by atoms with E-state index in [-0.39, 0.29) is 0 Å². The molecule has 1 aromatic carbocycles. The molecule has 0 N–H and O–H groups in total. The number of carbonyl (C=O) groups excluding carboxylic acids is 1. The van der Waals surface area contributed by atoms with Crippen LogP contribution in [0.2, 0.25) is 0 Å². The predicted molar refractivity (Wildman–Crippen MR) is 70.3 cm³/mol. The van der Waals surface area contributed by atoms with Crippen LogP contribution in [0.15, 0.2) is 30.3 Å². The van der Waals surface area contributed by atoms with E-state index in [1.165, 1.54) is 6.42 Å². The second-order valence-corrected chi connectivity index (χ2v) is 5.85. The largest absolute Gasteiger partial charge is 0.356 e. The van der Waals surface area contributed by atoms with Crippen LogP contribution < -0.4 is 0 Å². The highest BCUT2D eigenvalue weighted by atomic mass is 16.5. The van der Waals surface area contributed by atoms with Crippen LogP contribution in [-0.4, -0.2) is 11.4 Å². The van der Waals surface area contributed by atoms with Gasteiger partial charge in [-0.15, -0.1) is 0 Å². The maximum Gasteiger partial charge on any atom is 0.167 e. The van der Waals surface area contributed by atoms with Gasteiger partial charge in [-0.2, -0.15) is 0 Å². The lowest BCUT2D eigenvalue weighted by molar-refractivity contribution is -0.146. The molecular formula is C16H20O2. The number of hydrogen-bond acceptors (Lipinski definition) is 2. The van der Waals surface area contributed by atoms with Crippen molar-refractivity contribution in [3.8, 4) is 0 Å². The average Bonchev–Trinajstić information content (AvgIpc) is 2.64. The lowest BCUT2D eigenvalue weighted by Crippen LogP contribution is -2.39. The van der Waals surface area contributed by atoms with Gasteiger partial charge in [-0.05, 0) is 25.3 Å². The zero-order chi connectivity index (χ0) is 12.6. The number of rotatable bonds is 1. The molecule has 1 saturated carbocycles. The zero-order valence-corrected chi connectivity index (χ0v) is 10.9. The molecule has 1 aromatic rings. The first-order valence-corrected chi connectivity index (χ1v) is 6.94. The molecule has 2 nitrogen and oxygen atoms in total. The number of ketones is 1. The molecule has 2 fully saturated rings. The van der Waals surface area contributed by atoms with Gasteiger partial charge < -0.3 is 4.74 Å². The van der Waals surface area contributed by atoms with Gasteiger partial charge >= 0.3 is 0 Å². The van der Waals surface area contributed by atoms with Crippen molar-refractivity contribution in [2.45, 2.75) is 56.7 Å². The Morgan fingerprint density at radius 2 is 1.72 bits per heavy atom. The number of hydrogen-bond donors (Lipinski definition) is 0. The number of Topliss-reactive ketones (excluding diaryl/α,β-unsaturated/α-hetero) is 1. The van der Waals surface area contributed by atoms with Gasteiger partial charge in [-0.1, -0.05) is 49.6 Å². The standard InChI is InChI=1S/C16H20O2/c1-15(13-8-4-2-5-9-13)12-14(17)16(18-15)10-6-3-7-11-16/h2,4-5,8-9H,3,6-7,10-12H2,1H3/t15-/m1/s1. The van der Waals surface area contributed by atoms with Crippen LogP contribution in [0, 0.1) is 0 Å². The molecule has 3 rings (SSSR count). The first kappa shape index (κ1) is 11.9. The maximum atomic E-state index is 12.4. The van der Waals surface area contributed by atoms with Crippen LogP contribution in [0.4, 0.5) is 0 Å². The fourth-order valence-electron chi connectivity index (χ4n) is 3.45. The predicted octanol–water partition coefficient (Wildman–Crippen LogP) is 3.59. The third-order valence-corrected chi connectivity index (χ3v) is 4.47. The minimum Gasteiger partial charge on any atom is -0.356 e. The SMILES string of the molecule is C[C@]1(c2ccccc2)CC(=O)C2(CCCCC2)O1. The third-order valence-electron chi connectivity index (χ3n) is 4.47. The Kier molecular flexibility index (Phi) is 2.78. The molecule has 1 heterocycles. The summed E-state index contributed by atoms with van der Waals surface area (Å²) in [4.78, 5) is 12.4. The molecule has 1 aliphatic heterocycles. The molecule has 1 saturated heterocycles. The van der Waals surface area contributed by atoms with E-state index in [2.05, 4.69) is 19.1 Å². The first-order chi connectivity index (χ1) is 8.65. The van der Waals surface area contributed by atoms with Crippen LogP contribution in [0.3, 0.4) is 0 Å². The molecule has 0 unspecified atom stereocenters. The Hall–Kier alpha value is -1.15. The lowest BCUT2D eigenvalue weighted by atomic mass is 9.81. The van der Waals surface area contributed by atoms with Crippen LogP contribution in [0.25, 0.3) is 0 Å². The first-order valence-electron chi connectivity index (χ1n) is 6.94. The highest BCUT2D eigenvalue weighted by Gasteiger charge is 2.53. The highest BCUT2D eigenvalue weighted by Crippen LogP contribution is 2.48. The molecule has 0 aromatic heterocycles. The summed E-state index contributed by atoms with van der Waals surface area (Å²) < 4.78 is 6.33. The molecule has 1 spiro atoms. The minimum absolute atomic E-state index is 0.313. The van der Waals surface area contributed by atoms with Crippen molar-refractivity contribution in [2.24, 2.45) is 0 Å². The summed E-state index contributed by atoms with van der Waals surface area (Å²) in [6, 6.07) is 10.2. The van der Waals surface area contributed by atoms with Crippen LogP contribution in [-0.2, 0) is 15.1 Å². The molecule has 0 radical (unpaired) electrons. The highest BCUT2D eigenvalue weighted by molar-refractivity contribution is 5.90. The Morgan fingerprint density at radius 1 is 1.06 bits per heavy atom. The van der Waals surface area contributed by atoms with E-state index in [1.807, 2.05) is 18.2 Å². The molecule has 0 amide bonds. The van der Waals surface area contributed by atoms with Gasteiger partial charge in [0.05, 0.1) is 5.60 Å². The van der Waals surface area contributed by atoms with Crippen molar-refractivity contribution >= 4 is 5.78 Å². The van der Waals surface area contributed by atoms with E-state index < -0.39 is 11.2 Å². The molecule has 1 atom stereocenters. The van der Waals surface area contributed by atoms with E-state index in [4.69, 9.17) is 4.74 Å². The van der Waals surface area contributed by atoms with Gasteiger partial charge in [0.1, 0.15) is 5.60 Å². The molecule has 2 heteroatoms. The fourth-order valence-corrected chi connectivity index (χ4v) is 3.45. The Labute approximate surface area is 108 Å². The molecule has 18 heavy (non-hydrogen) atoms. The van der Waals surface area contributed by atoms with Gasteiger partial charge in [0.15, 0.2) is 5.78 Å². The van der Waals surface area contributed by atoms with Gasteiger partial charge in [0, 0.05) is 6.42 Å². The summed E-state index contributed by atoms with van der Waals surface area (Å²) in [6.07, 6.45) is 5.83. The molecular weight excluding hydrogens is 224 g/mol. The quantitative estimate of drug-likeness (QED) is 0.754. The van der Waals surface area contributed by atoms with Gasteiger partial charge in [0.2, 0.25) is 0 Å². The molecule has 96 valence electrons. The summed E-state index contributed by atoms with van der Waals surface area (Å²) in [5, 5.41) is 0. The van der Waals surface area contributed by atoms with Crippen LogP contribution in [0.1, 0.15) is 51.0 Å².